The minimum atomic E-state index is -2.57. The molecule has 0 saturated heterocycles. The van der Waals surface area contributed by atoms with Gasteiger partial charge in [-0.05, 0) is 47.9 Å². The molecule has 0 fully saturated rings. The summed E-state index contributed by atoms with van der Waals surface area (Å²) >= 11 is 0. The Hall–Kier alpha value is -2.98. The van der Waals surface area contributed by atoms with E-state index >= 15 is 0 Å². The number of hydrogen-bond acceptors (Lipinski definition) is 2. The molecule has 0 unspecified atom stereocenters. The maximum Gasteiger partial charge on any atom is 0.347 e. The zero-order valence-corrected chi connectivity index (χ0v) is 21.7. The Morgan fingerprint density at radius 1 is 0.514 bits per heavy atom. The second kappa shape index (κ2) is 13.2. The molecule has 4 rings (SSSR count). The van der Waals surface area contributed by atoms with Crippen LogP contribution in [0, 0.1) is 5.92 Å². The molecule has 4 aromatic rings. The fourth-order valence-electron chi connectivity index (χ4n) is 4.74. The number of rotatable bonds is 13. The lowest BCUT2D eigenvalue weighted by atomic mass is 9.93. The van der Waals surface area contributed by atoms with Gasteiger partial charge in [0.1, 0.15) is 0 Å². The van der Waals surface area contributed by atoms with Crippen LogP contribution in [0.1, 0.15) is 29.2 Å². The van der Waals surface area contributed by atoms with E-state index in [1.54, 1.807) is 0 Å². The quantitative estimate of drug-likeness (QED) is 0.189. The molecule has 0 saturated carbocycles. The van der Waals surface area contributed by atoms with Gasteiger partial charge < -0.3 is 8.85 Å². The minimum Gasteiger partial charge on any atom is -0.394 e. The highest BCUT2D eigenvalue weighted by Crippen LogP contribution is 2.24. The molecule has 0 heterocycles. The largest absolute Gasteiger partial charge is 0.394 e. The Labute approximate surface area is 211 Å². The average molecular weight is 481 g/mol. The molecule has 0 spiro atoms. The maximum atomic E-state index is 7.00. The molecule has 0 aliphatic carbocycles. The van der Waals surface area contributed by atoms with E-state index in [0.29, 0.717) is 19.1 Å². The molecule has 0 aromatic heterocycles. The Morgan fingerprint density at radius 2 is 0.886 bits per heavy atom. The second-order valence-corrected chi connectivity index (χ2v) is 12.3. The van der Waals surface area contributed by atoms with Gasteiger partial charge in [0, 0.05) is 25.3 Å². The number of benzene rings is 4. The number of hydrogen-bond donors (Lipinski definition) is 0. The summed E-state index contributed by atoms with van der Waals surface area (Å²) in [5, 5.41) is 0. The van der Waals surface area contributed by atoms with Gasteiger partial charge in [0.05, 0.1) is 0 Å². The Kier molecular flexibility index (Phi) is 9.47. The summed E-state index contributed by atoms with van der Waals surface area (Å²) in [6.07, 6.45) is 1.98. The first-order valence-corrected chi connectivity index (χ1v) is 14.9. The molecule has 4 aromatic carbocycles. The first kappa shape index (κ1) is 25.1. The van der Waals surface area contributed by atoms with Crippen LogP contribution in [0.3, 0.4) is 0 Å². The molecule has 0 amide bonds. The zero-order chi connectivity index (χ0) is 24.2. The van der Waals surface area contributed by atoms with Gasteiger partial charge in [0.15, 0.2) is 0 Å². The summed E-state index contributed by atoms with van der Waals surface area (Å²) in [6.45, 7) is 3.44. The zero-order valence-electron chi connectivity index (χ0n) is 20.7. The highest BCUT2D eigenvalue weighted by atomic mass is 28.4. The first-order valence-electron chi connectivity index (χ1n) is 12.7. The van der Waals surface area contributed by atoms with Crippen molar-refractivity contribution in [2.24, 2.45) is 5.92 Å². The normalized spacial score (nSPS) is 11.6. The molecule has 3 heteroatoms. The van der Waals surface area contributed by atoms with Gasteiger partial charge in [-0.1, -0.05) is 121 Å². The van der Waals surface area contributed by atoms with Crippen molar-refractivity contribution in [3.05, 3.63) is 144 Å². The van der Waals surface area contributed by atoms with Gasteiger partial charge in [-0.25, -0.2) is 0 Å². The van der Waals surface area contributed by atoms with Crippen LogP contribution in [0.15, 0.2) is 121 Å². The molecule has 0 aliphatic rings. The van der Waals surface area contributed by atoms with Gasteiger partial charge in [0.2, 0.25) is 0 Å². The Morgan fingerprint density at radius 3 is 1.26 bits per heavy atom. The standard InChI is InChI=1S/C32H36O2Si/c1-2-33-35(26-30-19-11-5-12-20-30,27-31-21-13-6-14-22-31)34-25-32(23-28-15-7-3-8-16-28)24-29-17-9-4-10-18-29/h3-22,32H,2,23-27H2,1H3. The fourth-order valence-corrected chi connectivity index (χ4v) is 8.14. The van der Waals surface area contributed by atoms with Crippen molar-refractivity contribution in [3.8, 4) is 0 Å². The monoisotopic (exact) mass is 480 g/mol. The van der Waals surface area contributed by atoms with Crippen molar-refractivity contribution in [3.63, 3.8) is 0 Å². The van der Waals surface area contributed by atoms with Crippen LogP contribution in [0.25, 0.3) is 0 Å². The lowest BCUT2D eigenvalue weighted by molar-refractivity contribution is 0.146. The molecule has 0 radical (unpaired) electrons. The molecule has 2 nitrogen and oxygen atoms in total. The third-order valence-corrected chi connectivity index (χ3v) is 9.76. The SMILES string of the molecule is CCO[Si](Cc1ccccc1)(Cc1ccccc1)OCC(Cc1ccccc1)Cc1ccccc1. The van der Waals surface area contributed by atoms with Gasteiger partial charge in [0.25, 0.3) is 0 Å². The van der Waals surface area contributed by atoms with Crippen molar-refractivity contribution in [1.82, 2.24) is 0 Å². The van der Waals surface area contributed by atoms with Crippen LogP contribution in [-0.2, 0) is 33.8 Å². The summed E-state index contributed by atoms with van der Waals surface area (Å²) in [4.78, 5) is 0. The lowest BCUT2D eigenvalue weighted by Crippen LogP contribution is -2.49. The first-order chi connectivity index (χ1) is 17.2. The molecule has 0 aliphatic heterocycles. The highest BCUT2D eigenvalue weighted by Gasteiger charge is 2.39. The molecular weight excluding hydrogens is 444 g/mol. The third kappa shape index (κ3) is 8.03. The highest BCUT2D eigenvalue weighted by molar-refractivity contribution is 6.66. The van der Waals surface area contributed by atoms with E-state index in [4.69, 9.17) is 8.85 Å². The third-order valence-electron chi connectivity index (χ3n) is 6.36. The van der Waals surface area contributed by atoms with E-state index in [2.05, 4.69) is 128 Å². The van der Waals surface area contributed by atoms with E-state index in [0.717, 1.165) is 24.9 Å². The Bertz CT molecular complexity index is 1020. The van der Waals surface area contributed by atoms with E-state index in [1.807, 2.05) is 0 Å². The van der Waals surface area contributed by atoms with Crippen LogP contribution in [0.4, 0.5) is 0 Å². The predicted octanol–water partition coefficient (Wildman–Crippen LogP) is 7.15. The molecule has 0 atom stereocenters. The van der Waals surface area contributed by atoms with E-state index in [9.17, 15) is 0 Å². The van der Waals surface area contributed by atoms with Crippen LogP contribution >= 0.6 is 0 Å². The molecular formula is C32H36O2Si. The summed E-state index contributed by atoms with van der Waals surface area (Å²) in [6, 6.07) is 44.6. The fraction of sp³-hybridized carbons (Fsp3) is 0.250. The van der Waals surface area contributed by atoms with E-state index in [-0.39, 0.29) is 0 Å². The van der Waals surface area contributed by atoms with Crippen molar-refractivity contribution < 1.29 is 8.85 Å². The predicted molar refractivity (Wildman–Crippen MR) is 147 cm³/mol. The van der Waals surface area contributed by atoms with Gasteiger partial charge >= 0.3 is 8.56 Å². The van der Waals surface area contributed by atoms with E-state index < -0.39 is 8.56 Å². The molecule has 0 N–H and O–H groups in total. The van der Waals surface area contributed by atoms with Crippen molar-refractivity contribution in [2.75, 3.05) is 13.2 Å². The summed E-state index contributed by atoms with van der Waals surface area (Å²) in [5.74, 6) is 0.374. The maximum absolute atomic E-state index is 7.00. The van der Waals surface area contributed by atoms with Crippen LogP contribution in [-0.4, -0.2) is 21.8 Å². The smallest absolute Gasteiger partial charge is 0.347 e. The van der Waals surface area contributed by atoms with Gasteiger partial charge in [-0.15, -0.1) is 0 Å². The van der Waals surface area contributed by atoms with Crippen molar-refractivity contribution in [1.29, 1.82) is 0 Å². The van der Waals surface area contributed by atoms with Crippen molar-refractivity contribution in [2.45, 2.75) is 31.9 Å². The Balaban J connectivity index is 1.58. The van der Waals surface area contributed by atoms with Crippen molar-refractivity contribution >= 4 is 8.56 Å². The lowest BCUT2D eigenvalue weighted by Gasteiger charge is -2.33. The summed E-state index contributed by atoms with van der Waals surface area (Å²) in [7, 11) is -2.57. The summed E-state index contributed by atoms with van der Waals surface area (Å²) in [5.41, 5.74) is 5.27. The molecule has 35 heavy (non-hydrogen) atoms. The average Bonchev–Trinajstić information content (AvgIpc) is 2.90. The van der Waals surface area contributed by atoms with Crippen LogP contribution in [0.2, 0.25) is 0 Å². The molecule has 180 valence electrons. The van der Waals surface area contributed by atoms with Gasteiger partial charge in [-0.2, -0.15) is 0 Å². The summed E-state index contributed by atoms with van der Waals surface area (Å²) < 4.78 is 13.6. The van der Waals surface area contributed by atoms with Crippen LogP contribution in [0.5, 0.6) is 0 Å². The topological polar surface area (TPSA) is 18.5 Å². The minimum absolute atomic E-state index is 0.374. The van der Waals surface area contributed by atoms with Gasteiger partial charge in [-0.3, -0.25) is 0 Å². The van der Waals surface area contributed by atoms with E-state index in [1.165, 1.54) is 22.3 Å². The molecule has 0 bridgehead atoms. The second-order valence-electron chi connectivity index (χ2n) is 9.22. The van der Waals surface area contributed by atoms with Crippen LogP contribution < -0.4 is 0 Å².